The number of guanidine groups is 1. The molecule has 0 fully saturated rings. The fourth-order valence-corrected chi connectivity index (χ4v) is 2.46. The number of hydrogen-bond donors (Lipinski definition) is 2. The molecule has 1 aromatic heterocycles. The number of nitrogens with one attached hydrogen (secondary N) is 2. The first-order valence-electron chi connectivity index (χ1n) is 8.76. The maximum Gasteiger partial charge on any atom is 0.416 e. The number of carbonyl (C=O) groups excluding carboxylic acids is 1. The Morgan fingerprint density at radius 2 is 1.80 bits per heavy atom. The Bertz CT molecular complexity index is 1030. The first kappa shape index (κ1) is 21.0. The number of halogens is 4. The van der Waals surface area contributed by atoms with Gasteiger partial charge in [-0.05, 0) is 54.1 Å². The molecular formula is C21H16F4N4O. The van der Waals surface area contributed by atoms with Gasteiger partial charge in [-0.1, -0.05) is 12.1 Å². The maximum atomic E-state index is 13.1. The first-order chi connectivity index (χ1) is 14.3. The fourth-order valence-electron chi connectivity index (χ4n) is 2.46. The predicted octanol–water partition coefficient (Wildman–Crippen LogP) is 4.64. The maximum absolute atomic E-state index is 13.1. The second-order valence-corrected chi connectivity index (χ2v) is 6.19. The molecule has 1 heterocycles. The molecule has 2 aromatic carbocycles. The minimum atomic E-state index is -4.51. The summed E-state index contributed by atoms with van der Waals surface area (Å²) < 4.78 is 52.0. The highest BCUT2D eigenvalue weighted by atomic mass is 19.4. The van der Waals surface area contributed by atoms with Crippen molar-refractivity contribution < 1.29 is 22.4 Å². The Balaban J connectivity index is 1.83. The highest BCUT2D eigenvalue weighted by Crippen LogP contribution is 2.30. The molecule has 0 bridgehead atoms. The number of amides is 1. The van der Waals surface area contributed by atoms with Crippen LogP contribution < -0.4 is 10.6 Å². The molecule has 0 saturated heterocycles. The van der Waals surface area contributed by atoms with Crippen LogP contribution in [0.15, 0.2) is 78.0 Å². The van der Waals surface area contributed by atoms with Crippen molar-refractivity contribution in [3.05, 3.63) is 95.6 Å². The van der Waals surface area contributed by atoms with E-state index in [0.29, 0.717) is 0 Å². The van der Waals surface area contributed by atoms with E-state index in [1.807, 2.05) is 0 Å². The van der Waals surface area contributed by atoms with Gasteiger partial charge in [-0.15, -0.1) is 0 Å². The van der Waals surface area contributed by atoms with E-state index in [0.717, 1.165) is 29.8 Å². The van der Waals surface area contributed by atoms with E-state index in [2.05, 4.69) is 20.6 Å². The topological polar surface area (TPSA) is 66.4 Å². The Kier molecular flexibility index (Phi) is 6.41. The summed E-state index contributed by atoms with van der Waals surface area (Å²) in [5.74, 6) is -1.16. The van der Waals surface area contributed by atoms with Crippen LogP contribution >= 0.6 is 0 Å². The lowest BCUT2D eigenvalue weighted by molar-refractivity contribution is -0.137. The van der Waals surface area contributed by atoms with Crippen LogP contribution in [-0.4, -0.2) is 16.9 Å². The molecule has 9 heteroatoms. The smallest absolute Gasteiger partial charge is 0.326 e. The van der Waals surface area contributed by atoms with Crippen molar-refractivity contribution in [3.63, 3.8) is 0 Å². The number of benzene rings is 2. The molecule has 0 radical (unpaired) electrons. The minimum absolute atomic E-state index is 0.0625. The molecule has 2 N–H and O–H groups in total. The molecule has 5 nitrogen and oxygen atoms in total. The number of carbonyl (C=O) groups is 1. The van der Waals surface area contributed by atoms with Gasteiger partial charge in [0.25, 0.3) is 5.91 Å². The number of pyridine rings is 1. The van der Waals surface area contributed by atoms with Crippen molar-refractivity contribution in [1.82, 2.24) is 10.3 Å². The zero-order valence-corrected chi connectivity index (χ0v) is 15.4. The molecule has 0 aliphatic heterocycles. The number of anilines is 1. The van der Waals surface area contributed by atoms with Gasteiger partial charge in [0, 0.05) is 23.6 Å². The average Bonchev–Trinajstić information content (AvgIpc) is 2.73. The lowest BCUT2D eigenvalue weighted by atomic mass is 10.2. The van der Waals surface area contributed by atoms with Crippen LogP contribution in [0.2, 0.25) is 0 Å². The highest BCUT2D eigenvalue weighted by Gasteiger charge is 2.30. The van der Waals surface area contributed by atoms with Gasteiger partial charge in [-0.25, -0.2) is 9.38 Å². The van der Waals surface area contributed by atoms with Crippen LogP contribution in [0.1, 0.15) is 21.5 Å². The van der Waals surface area contributed by atoms with Crippen molar-refractivity contribution in [2.75, 3.05) is 5.32 Å². The van der Waals surface area contributed by atoms with Gasteiger partial charge < -0.3 is 5.32 Å². The van der Waals surface area contributed by atoms with E-state index in [9.17, 15) is 22.4 Å². The van der Waals surface area contributed by atoms with Crippen LogP contribution in [0.5, 0.6) is 0 Å². The van der Waals surface area contributed by atoms with Gasteiger partial charge in [0.2, 0.25) is 5.96 Å². The molecule has 1 amide bonds. The number of aliphatic imine (C=N–C) groups is 1. The highest BCUT2D eigenvalue weighted by molar-refractivity contribution is 6.09. The van der Waals surface area contributed by atoms with Gasteiger partial charge in [0.15, 0.2) is 0 Å². The molecule has 154 valence electrons. The van der Waals surface area contributed by atoms with Crippen molar-refractivity contribution in [3.8, 4) is 0 Å². The number of rotatable bonds is 4. The predicted molar refractivity (Wildman–Crippen MR) is 104 cm³/mol. The molecule has 0 spiro atoms. The SMILES string of the molecule is O=C(NC(=NCc1cccnc1)Nc1cccc(C(F)(F)F)c1)c1ccc(F)cc1. The molecular weight excluding hydrogens is 400 g/mol. The summed E-state index contributed by atoms with van der Waals surface area (Å²) in [7, 11) is 0. The van der Waals surface area contributed by atoms with Crippen LogP contribution in [0.3, 0.4) is 0 Å². The summed E-state index contributed by atoms with van der Waals surface area (Å²) in [5.41, 5.74) is 0.145. The molecule has 0 aliphatic rings. The largest absolute Gasteiger partial charge is 0.416 e. The number of hydrogen-bond acceptors (Lipinski definition) is 3. The van der Waals surface area contributed by atoms with Crippen LogP contribution in [0.4, 0.5) is 23.2 Å². The normalized spacial score (nSPS) is 11.8. The zero-order chi connectivity index (χ0) is 21.6. The summed E-state index contributed by atoms with van der Waals surface area (Å²) in [6.45, 7) is 0.124. The van der Waals surface area contributed by atoms with E-state index < -0.39 is 23.5 Å². The summed E-state index contributed by atoms with van der Waals surface area (Å²) in [6, 6.07) is 12.8. The van der Waals surface area contributed by atoms with Crippen LogP contribution in [0, 0.1) is 5.82 Å². The summed E-state index contributed by atoms with van der Waals surface area (Å²) in [4.78, 5) is 20.7. The summed E-state index contributed by atoms with van der Waals surface area (Å²) in [6.07, 6.45) is -1.35. The standard InChI is InChI=1S/C21H16F4N4O/c22-17-8-6-15(7-9-17)19(30)29-20(27-13-14-3-2-10-26-12-14)28-18-5-1-4-16(11-18)21(23,24)25/h1-12H,13H2,(H2,27,28,29,30). The molecule has 0 aliphatic carbocycles. The van der Waals surface area contributed by atoms with Crippen molar-refractivity contribution in [2.45, 2.75) is 12.7 Å². The molecule has 0 saturated carbocycles. The second-order valence-electron chi connectivity index (χ2n) is 6.19. The van der Waals surface area contributed by atoms with Gasteiger partial charge in [0.1, 0.15) is 5.82 Å². The van der Waals surface area contributed by atoms with E-state index in [-0.39, 0.29) is 23.8 Å². The number of alkyl halides is 3. The third kappa shape index (κ3) is 5.87. The summed E-state index contributed by atoms with van der Waals surface area (Å²) >= 11 is 0. The molecule has 0 unspecified atom stereocenters. The third-order valence-corrected chi connectivity index (χ3v) is 3.93. The fraction of sp³-hybridized carbons (Fsp3) is 0.0952. The van der Waals surface area contributed by atoms with Crippen molar-refractivity contribution in [2.24, 2.45) is 4.99 Å². The zero-order valence-electron chi connectivity index (χ0n) is 15.4. The Labute approximate surface area is 169 Å². The van der Waals surface area contributed by atoms with Gasteiger partial charge >= 0.3 is 6.18 Å². The summed E-state index contributed by atoms with van der Waals surface area (Å²) in [5, 5.41) is 5.20. The molecule has 3 aromatic rings. The van der Waals surface area contributed by atoms with E-state index in [4.69, 9.17) is 0 Å². The van der Waals surface area contributed by atoms with E-state index in [1.165, 1.54) is 24.3 Å². The van der Waals surface area contributed by atoms with Crippen LogP contribution in [-0.2, 0) is 12.7 Å². The number of aromatic nitrogens is 1. The first-order valence-corrected chi connectivity index (χ1v) is 8.76. The Morgan fingerprint density at radius 3 is 2.47 bits per heavy atom. The monoisotopic (exact) mass is 416 g/mol. The number of nitrogens with zero attached hydrogens (tertiary/aromatic N) is 2. The third-order valence-electron chi connectivity index (χ3n) is 3.93. The second kappa shape index (κ2) is 9.17. The lowest BCUT2D eigenvalue weighted by Crippen LogP contribution is -2.36. The van der Waals surface area contributed by atoms with Gasteiger partial charge in [-0.2, -0.15) is 13.2 Å². The van der Waals surface area contributed by atoms with Crippen molar-refractivity contribution >= 4 is 17.6 Å². The molecule has 3 rings (SSSR count). The van der Waals surface area contributed by atoms with E-state index in [1.54, 1.807) is 24.5 Å². The van der Waals surface area contributed by atoms with Gasteiger partial charge in [-0.3, -0.25) is 15.1 Å². The Hall–Kier alpha value is -3.75. The quantitative estimate of drug-likeness (QED) is 0.370. The molecule has 0 atom stereocenters. The lowest BCUT2D eigenvalue weighted by Gasteiger charge is -2.14. The Morgan fingerprint density at radius 1 is 1.03 bits per heavy atom. The average molecular weight is 416 g/mol. The minimum Gasteiger partial charge on any atom is -0.326 e. The van der Waals surface area contributed by atoms with Gasteiger partial charge in [0.05, 0.1) is 12.1 Å². The van der Waals surface area contributed by atoms with Crippen molar-refractivity contribution in [1.29, 1.82) is 0 Å². The van der Waals surface area contributed by atoms with Crippen LogP contribution in [0.25, 0.3) is 0 Å². The molecule has 30 heavy (non-hydrogen) atoms. The van der Waals surface area contributed by atoms with E-state index >= 15 is 0 Å².